The Balaban J connectivity index is 1.70. The van der Waals surface area contributed by atoms with Crippen LogP contribution in [0.5, 0.6) is 0 Å². The number of anilines is 1. The molecule has 0 unspecified atom stereocenters. The van der Waals surface area contributed by atoms with Gasteiger partial charge in [-0.3, -0.25) is 14.6 Å². The minimum Gasteiger partial charge on any atom is -0.379 e. The zero-order valence-corrected chi connectivity index (χ0v) is 17.8. The molecular formula is C19H21ClN4O5S. The van der Waals surface area contributed by atoms with Crippen molar-refractivity contribution in [3.63, 3.8) is 0 Å². The molecule has 30 heavy (non-hydrogen) atoms. The number of likely N-dealkylation sites (N-methyl/N-ethyl adjacent to an activating group) is 1. The number of halogens is 1. The fourth-order valence-electron chi connectivity index (χ4n) is 2.88. The molecule has 1 N–H and O–H groups in total. The van der Waals surface area contributed by atoms with Crippen LogP contribution in [0, 0.1) is 0 Å². The van der Waals surface area contributed by atoms with Gasteiger partial charge in [0.25, 0.3) is 5.91 Å². The highest BCUT2D eigenvalue weighted by Crippen LogP contribution is 2.28. The number of pyridine rings is 1. The van der Waals surface area contributed by atoms with E-state index in [9.17, 15) is 18.0 Å². The number of nitrogens with one attached hydrogen (secondary N) is 1. The number of hydrogen-bond donors (Lipinski definition) is 1. The maximum absolute atomic E-state index is 12.9. The largest absolute Gasteiger partial charge is 0.379 e. The van der Waals surface area contributed by atoms with Gasteiger partial charge in [-0.2, -0.15) is 4.31 Å². The second-order valence-electron chi connectivity index (χ2n) is 6.59. The van der Waals surface area contributed by atoms with Crippen molar-refractivity contribution < 1.29 is 22.7 Å². The number of sulfonamides is 1. The Morgan fingerprint density at radius 2 is 1.97 bits per heavy atom. The summed E-state index contributed by atoms with van der Waals surface area (Å²) in [5, 5.41) is 2.66. The molecule has 1 saturated heterocycles. The molecule has 9 nitrogen and oxygen atoms in total. The van der Waals surface area contributed by atoms with Crippen LogP contribution in [0.15, 0.2) is 47.5 Å². The summed E-state index contributed by atoms with van der Waals surface area (Å²) in [6.45, 7) is 0.850. The fraction of sp³-hybridized carbons (Fsp3) is 0.316. The Hall–Kier alpha value is -2.53. The normalized spacial score (nSPS) is 14.9. The highest BCUT2D eigenvalue weighted by atomic mass is 35.5. The van der Waals surface area contributed by atoms with Gasteiger partial charge >= 0.3 is 0 Å². The number of rotatable bonds is 6. The third kappa shape index (κ3) is 5.14. The molecule has 160 valence electrons. The summed E-state index contributed by atoms with van der Waals surface area (Å²) >= 11 is 6.12. The van der Waals surface area contributed by atoms with Gasteiger partial charge in [-0.15, -0.1) is 0 Å². The molecule has 1 aromatic heterocycles. The number of morpholine rings is 1. The molecule has 0 aliphatic carbocycles. The lowest BCUT2D eigenvalue weighted by Crippen LogP contribution is -2.40. The number of carbonyl (C=O) groups is 2. The molecule has 0 spiro atoms. The summed E-state index contributed by atoms with van der Waals surface area (Å²) in [4.78, 5) is 29.8. The number of ether oxygens (including phenoxy) is 1. The molecular weight excluding hydrogens is 432 g/mol. The van der Waals surface area contributed by atoms with Crippen LogP contribution >= 0.6 is 11.6 Å². The maximum atomic E-state index is 12.9. The van der Waals surface area contributed by atoms with Gasteiger partial charge in [0.2, 0.25) is 15.9 Å². The standard InChI is InChI=1S/C19H21ClN4O5S/c1-23(19(26)16-4-2-3-7-21-16)13-18(25)22-14-5-6-15(20)17(12-14)30(27,28)24-8-10-29-11-9-24/h2-7,12H,8-11,13H2,1H3,(H,22,25). The molecule has 1 aliphatic heterocycles. The first-order chi connectivity index (χ1) is 14.3. The topological polar surface area (TPSA) is 109 Å². The third-order valence-electron chi connectivity index (χ3n) is 4.41. The minimum absolute atomic E-state index is 0.0574. The third-order valence-corrected chi connectivity index (χ3v) is 6.79. The monoisotopic (exact) mass is 452 g/mol. The molecule has 0 atom stereocenters. The summed E-state index contributed by atoms with van der Waals surface area (Å²) in [6, 6.07) is 9.14. The predicted octanol–water partition coefficient (Wildman–Crippen LogP) is 1.47. The lowest BCUT2D eigenvalue weighted by molar-refractivity contribution is -0.116. The van der Waals surface area contributed by atoms with Crippen LogP contribution in [0.2, 0.25) is 5.02 Å². The summed E-state index contributed by atoms with van der Waals surface area (Å²) < 4.78 is 32.3. The Morgan fingerprint density at radius 3 is 2.63 bits per heavy atom. The number of aromatic nitrogens is 1. The van der Waals surface area contributed by atoms with E-state index in [4.69, 9.17) is 16.3 Å². The summed E-state index contributed by atoms with van der Waals surface area (Å²) in [6.07, 6.45) is 1.49. The smallest absolute Gasteiger partial charge is 0.272 e. The zero-order valence-electron chi connectivity index (χ0n) is 16.2. The molecule has 0 bridgehead atoms. The van der Waals surface area contributed by atoms with Crippen molar-refractivity contribution in [2.75, 3.05) is 45.2 Å². The van der Waals surface area contributed by atoms with Crippen LogP contribution in [-0.2, 0) is 19.6 Å². The first-order valence-corrected chi connectivity index (χ1v) is 10.9. The first kappa shape index (κ1) is 22.2. The Morgan fingerprint density at radius 1 is 1.23 bits per heavy atom. The van der Waals surface area contributed by atoms with E-state index in [0.29, 0.717) is 13.2 Å². The SMILES string of the molecule is CN(CC(=O)Nc1ccc(Cl)c(S(=O)(=O)N2CCOCC2)c1)C(=O)c1ccccn1. The van der Waals surface area contributed by atoms with Crippen molar-refractivity contribution in [3.8, 4) is 0 Å². The number of amides is 2. The predicted molar refractivity (Wildman–Crippen MR) is 111 cm³/mol. The van der Waals surface area contributed by atoms with E-state index < -0.39 is 21.8 Å². The molecule has 2 heterocycles. The van der Waals surface area contributed by atoms with Crippen LogP contribution in [0.4, 0.5) is 5.69 Å². The molecule has 1 aromatic carbocycles. The maximum Gasteiger partial charge on any atom is 0.272 e. The van der Waals surface area contributed by atoms with Gasteiger partial charge in [-0.05, 0) is 30.3 Å². The van der Waals surface area contributed by atoms with Crippen molar-refractivity contribution >= 4 is 39.1 Å². The number of hydrogen-bond acceptors (Lipinski definition) is 6. The average Bonchev–Trinajstić information content (AvgIpc) is 2.75. The van der Waals surface area contributed by atoms with Crippen LogP contribution in [0.25, 0.3) is 0 Å². The highest BCUT2D eigenvalue weighted by Gasteiger charge is 2.28. The molecule has 2 aromatic rings. The molecule has 3 rings (SSSR count). The van der Waals surface area contributed by atoms with E-state index in [1.54, 1.807) is 18.2 Å². The van der Waals surface area contributed by atoms with E-state index >= 15 is 0 Å². The minimum atomic E-state index is -3.83. The summed E-state index contributed by atoms with van der Waals surface area (Å²) in [7, 11) is -2.35. The van der Waals surface area contributed by atoms with Gasteiger partial charge < -0.3 is 15.0 Å². The fourth-order valence-corrected chi connectivity index (χ4v) is 4.79. The quantitative estimate of drug-likeness (QED) is 0.710. The average molecular weight is 453 g/mol. The Bertz CT molecular complexity index is 1030. The lowest BCUT2D eigenvalue weighted by Gasteiger charge is -2.26. The molecule has 1 aliphatic rings. The van der Waals surface area contributed by atoms with Crippen molar-refractivity contribution in [1.82, 2.24) is 14.2 Å². The second kappa shape index (κ2) is 9.52. The molecule has 0 radical (unpaired) electrons. The van der Waals surface area contributed by atoms with Gasteiger partial charge in [-0.25, -0.2) is 8.42 Å². The second-order valence-corrected chi connectivity index (χ2v) is 8.90. The molecule has 1 fully saturated rings. The molecule has 0 saturated carbocycles. The van der Waals surface area contributed by atoms with Crippen LogP contribution in [0.3, 0.4) is 0 Å². The molecule has 2 amide bonds. The Labute approximate surface area is 179 Å². The first-order valence-electron chi connectivity index (χ1n) is 9.13. The Kier molecular flexibility index (Phi) is 7.03. The van der Waals surface area contributed by atoms with Crippen LogP contribution in [0.1, 0.15) is 10.5 Å². The van der Waals surface area contributed by atoms with Crippen molar-refractivity contribution in [2.24, 2.45) is 0 Å². The number of benzene rings is 1. The van der Waals surface area contributed by atoms with Crippen molar-refractivity contribution in [1.29, 1.82) is 0 Å². The summed E-state index contributed by atoms with van der Waals surface area (Å²) in [5.41, 5.74) is 0.480. The van der Waals surface area contributed by atoms with E-state index in [-0.39, 0.29) is 40.9 Å². The lowest BCUT2D eigenvalue weighted by atomic mass is 10.3. The van der Waals surface area contributed by atoms with Crippen LogP contribution < -0.4 is 5.32 Å². The van der Waals surface area contributed by atoms with Gasteiger partial charge in [0, 0.05) is 32.0 Å². The van der Waals surface area contributed by atoms with Crippen LogP contribution in [-0.4, -0.2) is 74.3 Å². The number of carbonyl (C=O) groups excluding carboxylic acids is 2. The van der Waals surface area contributed by atoms with E-state index in [1.165, 1.54) is 40.6 Å². The van der Waals surface area contributed by atoms with Crippen molar-refractivity contribution in [3.05, 3.63) is 53.3 Å². The summed E-state index contributed by atoms with van der Waals surface area (Å²) in [5.74, 6) is -0.892. The van der Waals surface area contributed by atoms with Gasteiger partial charge in [0.1, 0.15) is 10.6 Å². The van der Waals surface area contributed by atoms with E-state index in [0.717, 1.165) is 0 Å². The van der Waals surface area contributed by atoms with Gasteiger partial charge in [-0.1, -0.05) is 17.7 Å². The van der Waals surface area contributed by atoms with E-state index in [1.807, 2.05) is 0 Å². The van der Waals surface area contributed by atoms with Crippen molar-refractivity contribution in [2.45, 2.75) is 4.90 Å². The zero-order chi connectivity index (χ0) is 21.7. The van der Waals surface area contributed by atoms with Gasteiger partial charge in [0.15, 0.2) is 0 Å². The molecule has 11 heteroatoms. The van der Waals surface area contributed by atoms with E-state index in [2.05, 4.69) is 10.3 Å². The highest BCUT2D eigenvalue weighted by molar-refractivity contribution is 7.89. The van der Waals surface area contributed by atoms with Gasteiger partial charge in [0.05, 0.1) is 24.8 Å². The number of nitrogens with zero attached hydrogens (tertiary/aromatic N) is 3.